The summed E-state index contributed by atoms with van der Waals surface area (Å²) in [5.74, 6) is 0. The molecule has 4 heteroatoms. The lowest BCUT2D eigenvalue weighted by Crippen LogP contribution is -2.01. The largest absolute Gasteiger partial charge is 0.384 e. The maximum atomic E-state index is 14.4. The number of halogens is 2. The summed E-state index contributed by atoms with van der Waals surface area (Å²) in [6, 6.07) is 9.60. The van der Waals surface area contributed by atoms with E-state index >= 15 is 0 Å². The summed E-state index contributed by atoms with van der Waals surface area (Å²) in [6.07, 6.45) is 0.413. The molecule has 0 bridgehead atoms. The van der Waals surface area contributed by atoms with Gasteiger partial charge in [0.25, 0.3) is 0 Å². The fourth-order valence-corrected chi connectivity index (χ4v) is 3.49. The van der Waals surface area contributed by atoms with Crippen LogP contribution in [-0.2, 0) is 12.8 Å². The van der Waals surface area contributed by atoms with Gasteiger partial charge in [0.05, 0.1) is 4.34 Å². The molecule has 1 nitrogen and oxygen atoms in total. The van der Waals surface area contributed by atoms with Gasteiger partial charge in [-0.05, 0) is 24.1 Å². The maximum Gasteiger partial charge on any atom is 0.132 e. The van der Waals surface area contributed by atoms with Crippen LogP contribution in [0.5, 0.6) is 0 Å². The predicted molar refractivity (Wildman–Crippen MR) is 75.5 cm³/mol. The van der Waals surface area contributed by atoms with E-state index in [1.807, 2.05) is 24.3 Å². The summed E-state index contributed by atoms with van der Waals surface area (Å²) in [6.45, 7) is 0.907. The molecule has 18 heavy (non-hydrogen) atoms. The van der Waals surface area contributed by atoms with Crippen LogP contribution in [0.3, 0.4) is 0 Å². The number of nitrogens with one attached hydrogen (secondary N) is 1. The SMILES string of the molecule is FC(Cc1ccc(Cl)s1)c1cccc2c1NCC2. The fraction of sp³-hybridized carbons (Fsp3) is 0.286. The van der Waals surface area contributed by atoms with Crippen molar-refractivity contribution in [3.8, 4) is 0 Å². The molecule has 1 aromatic carbocycles. The van der Waals surface area contributed by atoms with Gasteiger partial charge in [-0.2, -0.15) is 0 Å². The number of benzene rings is 1. The molecule has 1 unspecified atom stereocenters. The Morgan fingerprint density at radius 1 is 1.33 bits per heavy atom. The van der Waals surface area contributed by atoms with Crippen molar-refractivity contribution in [2.45, 2.75) is 19.0 Å². The number of thiophene rings is 1. The zero-order valence-corrected chi connectivity index (χ0v) is 11.3. The summed E-state index contributed by atoms with van der Waals surface area (Å²) in [4.78, 5) is 0.989. The molecule has 0 amide bonds. The number of hydrogen-bond acceptors (Lipinski definition) is 2. The highest BCUT2D eigenvalue weighted by Crippen LogP contribution is 2.35. The lowest BCUT2D eigenvalue weighted by molar-refractivity contribution is 0.345. The van der Waals surface area contributed by atoms with E-state index in [9.17, 15) is 4.39 Å². The molecule has 94 valence electrons. The predicted octanol–water partition coefficient (Wildman–Crippen LogP) is 4.62. The molecule has 2 heterocycles. The average molecular weight is 282 g/mol. The van der Waals surface area contributed by atoms with E-state index in [1.165, 1.54) is 16.9 Å². The maximum absolute atomic E-state index is 14.4. The molecule has 0 radical (unpaired) electrons. The smallest absolute Gasteiger partial charge is 0.132 e. The first-order valence-electron chi connectivity index (χ1n) is 5.98. The Hall–Kier alpha value is -1.06. The molecule has 3 rings (SSSR count). The van der Waals surface area contributed by atoms with Crippen LogP contribution in [0.1, 0.15) is 22.2 Å². The normalized spacial score (nSPS) is 15.2. The third-order valence-electron chi connectivity index (χ3n) is 3.23. The minimum Gasteiger partial charge on any atom is -0.384 e. The van der Waals surface area contributed by atoms with Gasteiger partial charge in [0.15, 0.2) is 0 Å². The van der Waals surface area contributed by atoms with E-state index < -0.39 is 6.17 Å². The van der Waals surface area contributed by atoms with Crippen molar-refractivity contribution < 1.29 is 4.39 Å². The van der Waals surface area contributed by atoms with Crippen molar-refractivity contribution in [2.75, 3.05) is 11.9 Å². The Labute approximate surface area is 115 Å². The molecule has 1 atom stereocenters. The number of anilines is 1. The highest BCUT2D eigenvalue weighted by Gasteiger charge is 2.20. The Bertz CT molecular complexity index is 567. The van der Waals surface area contributed by atoms with Crippen LogP contribution in [0.25, 0.3) is 0 Å². The average Bonchev–Trinajstić information content (AvgIpc) is 2.97. The first-order valence-corrected chi connectivity index (χ1v) is 7.17. The van der Waals surface area contributed by atoms with Gasteiger partial charge in [0, 0.05) is 29.1 Å². The standard InChI is InChI=1S/C14H13ClFNS/c15-13-5-4-10(18-13)8-12(16)11-3-1-2-9-6-7-17-14(9)11/h1-5,12,17H,6-8H2. The van der Waals surface area contributed by atoms with Crippen LogP contribution in [-0.4, -0.2) is 6.54 Å². The summed E-state index contributed by atoms with van der Waals surface area (Å²) >= 11 is 7.32. The van der Waals surface area contributed by atoms with E-state index in [2.05, 4.69) is 11.4 Å². The number of fused-ring (bicyclic) bond motifs is 1. The van der Waals surface area contributed by atoms with Crippen LogP contribution < -0.4 is 5.32 Å². The molecule has 2 aromatic rings. The van der Waals surface area contributed by atoms with Crippen LogP contribution >= 0.6 is 22.9 Å². The molecule has 1 aromatic heterocycles. The van der Waals surface area contributed by atoms with Gasteiger partial charge < -0.3 is 5.32 Å². The van der Waals surface area contributed by atoms with Crippen molar-refractivity contribution in [2.24, 2.45) is 0 Å². The van der Waals surface area contributed by atoms with Gasteiger partial charge in [0.2, 0.25) is 0 Å². The number of para-hydroxylation sites is 1. The lowest BCUT2D eigenvalue weighted by Gasteiger charge is -2.12. The molecule has 0 fully saturated rings. The first-order chi connectivity index (χ1) is 8.74. The highest BCUT2D eigenvalue weighted by atomic mass is 35.5. The van der Waals surface area contributed by atoms with Crippen LogP contribution in [0.4, 0.5) is 10.1 Å². The summed E-state index contributed by atoms with van der Waals surface area (Å²) in [5.41, 5.74) is 2.99. The zero-order chi connectivity index (χ0) is 12.5. The molecule has 1 aliphatic rings. The molecule has 0 saturated carbocycles. The van der Waals surface area contributed by atoms with E-state index in [0.717, 1.165) is 29.1 Å². The van der Waals surface area contributed by atoms with Gasteiger partial charge in [0.1, 0.15) is 6.17 Å². The van der Waals surface area contributed by atoms with Gasteiger partial charge in [-0.25, -0.2) is 4.39 Å². The highest BCUT2D eigenvalue weighted by molar-refractivity contribution is 7.16. The molecule has 0 aliphatic carbocycles. The summed E-state index contributed by atoms with van der Waals surface area (Å²) < 4.78 is 15.1. The Kier molecular flexibility index (Phi) is 3.27. The molecule has 1 N–H and O–H groups in total. The number of hydrogen-bond donors (Lipinski definition) is 1. The van der Waals surface area contributed by atoms with Crippen molar-refractivity contribution in [1.82, 2.24) is 0 Å². The Morgan fingerprint density at radius 2 is 2.22 bits per heavy atom. The van der Waals surface area contributed by atoms with Crippen LogP contribution in [0.15, 0.2) is 30.3 Å². The second kappa shape index (κ2) is 4.90. The third-order valence-corrected chi connectivity index (χ3v) is 4.48. The van der Waals surface area contributed by atoms with Crippen molar-refractivity contribution in [1.29, 1.82) is 0 Å². The molecule has 0 spiro atoms. The second-order valence-corrected chi connectivity index (χ2v) is 6.24. The number of alkyl halides is 1. The summed E-state index contributed by atoms with van der Waals surface area (Å²) in [7, 11) is 0. The number of rotatable bonds is 3. The molecular formula is C14H13ClFNS. The molecular weight excluding hydrogens is 269 g/mol. The van der Waals surface area contributed by atoms with Crippen molar-refractivity contribution >= 4 is 28.6 Å². The van der Waals surface area contributed by atoms with Crippen molar-refractivity contribution in [3.05, 3.63) is 50.7 Å². The quantitative estimate of drug-likeness (QED) is 0.865. The molecule has 1 aliphatic heterocycles. The Balaban J connectivity index is 1.84. The van der Waals surface area contributed by atoms with Gasteiger partial charge >= 0.3 is 0 Å². The van der Waals surface area contributed by atoms with Crippen molar-refractivity contribution in [3.63, 3.8) is 0 Å². The topological polar surface area (TPSA) is 12.0 Å². The third kappa shape index (κ3) is 2.25. The van der Waals surface area contributed by atoms with E-state index in [-0.39, 0.29) is 0 Å². The lowest BCUT2D eigenvalue weighted by atomic mass is 10.0. The van der Waals surface area contributed by atoms with E-state index in [1.54, 1.807) is 0 Å². The monoisotopic (exact) mass is 281 g/mol. The van der Waals surface area contributed by atoms with Crippen LogP contribution in [0, 0.1) is 0 Å². The molecule has 0 saturated heterocycles. The zero-order valence-electron chi connectivity index (χ0n) is 9.75. The minimum atomic E-state index is -0.972. The second-order valence-electron chi connectivity index (χ2n) is 4.44. The van der Waals surface area contributed by atoms with E-state index in [0.29, 0.717) is 10.8 Å². The van der Waals surface area contributed by atoms with Gasteiger partial charge in [-0.15, -0.1) is 11.3 Å². The summed E-state index contributed by atoms with van der Waals surface area (Å²) in [5, 5.41) is 3.28. The first kappa shape index (κ1) is 12.0. The van der Waals surface area contributed by atoms with Gasteiger partial charge in [-0.1, -0.05) is 29.8 Å². The minimum absolute atomic E-state index is 0.398. The van der Waals surface area contributed by atoms with E-state index in [4.69, 9.17) is 11.6 Å². The fourth-order valence-electron chi connectivity index (χ4n) is 2.38. The van der Waals surface area contributed by atoms with Crippen LogP contribution in [0.2, 0.25) is 4.34 Å². The van der Waals surface area contributed by atoms with Gasteiger partial charge in [-0.3, -0.25) is 0 Å². The Morgan fingerprint density at radius 3 is 3.00 bits per heavy atom.